The van der Waals surface area contributed by atoms with Crippen molar-refractivity contribution in [1.82, 2.24) is 0 Å². The van der Waals surface area contributed by atoms with E-state index in [1.165, 1.54) is 0 Å². The van der Waals surface area contributed by atoms with Crippen LogP contribution in [0.4, 0.5) is 0 Å². The summed E-state index contributed by atoms with van der Waals surface area (Å²) in [6.07, 6.45) is 3.70. The Kier molecular flexibility index (Phi) is 2.29. The van der Waals surface area contributed by atoms with Gasteiger partial charge in [0, 0.05) is 11.8 Å². The molecule has 0 aromatic rings. The van der Waals surface area contributed by atoms with E-state index in [1.54, 1.807) is 0 Å². The molecule has 1 aliphatic rings. The third-order valence-electron chi connectivity index (χ3n) is 2.09. The Morgan fingerprint density at radius 2 is 1.10 bits per heavy atom. The minimum atomic E-state index is 0.226. The van der Waals surface area contributed by atoms with Crippen molar-refractivity contribution < 1.29 is 0 Å². The lowest BCUT2D eigenvalue weighted by Gasteiger charge is -2.18. The van der Waals surface area contributed by atoms with Crippen molar-refractivity contribution in [3.05, 3.63) is 0 Å². The average Bonchev–Trinajstić information content (AvgIpc) is 2.05. The van der Waals surface area contributed by atoms with E-state index in [0.29, 0.717) is 0 Å². The standard InChI is InChI=1S/C8H10N2/c9-5-7-1-2-8(6-10)4-3-7/h7-8H,1-4H2. The van der Waals surface area contributed by atoms with Gasteiger partial charge in [0.1, 0.15) is 0 Å². The van der Waals surface area contributed by atoms with Gasteiger partial charge >= 0.3 is 0 Å². The van der Waals surface area contributed by atoms with Gasteiger partial charge in [-0.3, -0.25) is 0 Å². The normalized spacial score (nSPS) is 32.2. The third-order valence-corrected chi connectivity index (χ3v) is 2.09. The van der Waals surface area contributed by atoms with Crippen LogP contribution in [0, 0.1) is 34.5 Å². The number of rotatable bonds is 0. The maximum Gasteiger partial charge on any atom is 0.0655 e. The van der Waals surface area contributed by atoms with Gasteiger partial charge in [0.2, 0.25) is 0 Å². The third kappa shape index (κ3) is 1.48. The van der Waals surface area contributed by atoms with Crippen LogP contribution in [0.1, 0.15) is 25.7 Å². The van der Waals surface area contributed by atoms with Crippen LogP contribution in [0.5, 0.6) is 0 Å². The molecule has 1 fully saturated rings. The predicted molar refractivity (Wildman–Crippen MR) is 36.7 cm³/mol. The van der Waals surface area contributed by atoms with Crippen LogP contribution in [0.3, 0.4) is 0 Å². The summed E-state index contributed by atoms with van der Waals surface area (Å²) < 4.78 is 0. The molecule has 1 aliphatic carbocycles. The molecular formula is C8H10N2. The summed E-state index contributed by atoms with van der Waals surface area (Å²) in [4.78, 5) is 0. The van der Waals surface area contributed by atoms with Gasteiger partial charge in [-0.05, 0) is 25.7 Å². The smallest absolute Gasteiger partial charge is 0.0655 e. The zero-order valence-electron chi connectivity index (χ0n) is 5.88. The molecule has 0 aliphatic heterocycles. The van der Waals surface area contributed by atoms with Crippen molar-refractivity contribution >= 4 is 0 Å². The van der Waals surface area contributed by atoms with Gasteiger partial charge in [-0.2, -0.15) is 10.5 Å². The van der Waals surface area contributed by atoms with E-state index >= 15 is 0 Å². The van der Waals surface area contributed by atoms with Crippen LogP contribution in [0.2, 0.25) is 0 Å². The molecule has 0 heterocycles. The van der Waals surface area contributed by atoms with E-state index in [4.69, 9.17) is 10.5 Å². The van der Waals surface area contributed by atoms with E-state index in [9.17, 15) is 0 Å². The Hall–Kier alpha value is -1.02. The molecule has 0 aromatic carbocycles. The number of nitriles is 2. The second-order valence-corrected chi connectivity index (χ2v) is 2.81. The Balaban J connectivity index is 2.34. The van der Waals surface area contributed by atoms with Crippen molar-refractivity contribution in [2.75, 3.05) is 0 Å². The number of nitrogens with zero attached hydrogens (tertiary/aromatic N) is 2. The molecule has 10 heavy (non-hydrogen) atoms. The molecule has 52 valence electrons. The minimum absolute atomic E-state index is 0.226. The van der Waals surface area contributed by atoms with Crippen LogP contribution in [-0.2, 0) is 0 Å². The second-order valence-electron chi connectivity index (χ2n) is 2.81. The Labute approximate surface area is 61.1 Å². The molecule has 0 saturated heterocycles. The first-order valence-electron chi connectivity index (χ1n) is 3.66. The first kappa shape index (κ1) is 7.09. The van der Waals surface area contributed by atoms with Gasteiger partial charge in [-0.25, -0.2) is 0 Å². The SMILES string of the molecule is N#CC1CCC(C#N)CC1. The van der Waals surface area contributed by atoms with Gasteiger partial charge in [-0.1, -0.05) is 0 Å². The largest absolute Gasteiger partial charge is 0.198 e. The van der Waals surface area contributed by atoms with Crippen molar-refractivity contribution in [1.29, 1.82) is 10.5 Å². The van der Waals surface area contributed by atoms with Crippen molar-refractivity contribution in [2.24, 2.45) is 11.8 Å². The summed E-state index contributed by atoms with van der Waals surface area (Å²) in [5.74, 6) is 0.453. The lowest BCUT2D eigenvalue weighted by atomic mass is 9.84. The topological polar surface area (TPSA) is 47.6 Å². The van der Waals surface area contributed by atoms with Gasteiger partial charge in [0.15, 0.2) is 0 Å². The van der Waals surface area contributed by atoms with E-state index in [1.807, 2.05) is 0 Å². The molecule has 0 unspecified atom stereocenters. The molecule has 1 rings (SSSR count). The molecule has 0 aromatic heterocycles. The highest BCUT2D eigenvalue weighted by Gasteiger charge is 2.19. The molecule has 0 radical (unpaired) electrons. The first-order valence-corrected chi connectivity index (χ1v) is 3.66. The fourth-order valence-corrected chi connectivity index (χ4v) is 1.35. The van der Waals surface area contributed by atoms with Gasteiger partial charge < -0.3 is 0 Å². The highest BCUT2D eigenvalue weighted by atomic mass is 14.3. The summed E-state index contributed by atoms with van der Waals surface area (Å²) >= 11 is 0. The van der Waals surface area contributed by atoms with Crippen molar-refractivity contribution in [3.8, 4) is 12.1 Å². The van der Waals surface area contributed by atoms with E-state index in [2.05, 4.69) is 12.1 Å². The monoisotopic (exact) mass is 134 g/mol. The molecule has 1 saturated carbocycles. The summed E-state index contributed by atoms with van der Waals surface area (Å²) in [5, 5.41) is 17.0. The summed E-state index contributed by atoms with van der Waals surface area (Å²) in [6.45, 7) is 0. The Morgan fingerprint density at radius 3 is 1.30 bits per heavy atom. The zero-order valence-corrected chi connectivity index (χ0v) is 5.88. The lowest BCUT2D eigenvalue weighted by Crippen LogP contribution is -2.11. The summed E-state index contributed by atoms with van der Waals surface area (Å²) in [5.41, 5.74) is 0. The number of hydrogen-bond donors (Lipinski definition) is 0. The van der Waals surface area contributed by atoms with Crippen molar-refractivity contribution in [3.63, 3.8) is 0 Å². The van der Waals surface area contributed by atoms with E-state index < -0.39 is 0 Å². The zero-order chi connectivity index (χ0) is 7.40. The minimum Gasteiger partial charge on any atom is -0.198 e. The molecule has 0 spiro atoms. The Morgan fingerprint density at radius 1 is 0.800 bits per heavy atom. The second kappa shape index (κ2) is 3.22. The summed E-state index contributed by atoms with van der Waals surface area (Å²) in [6, 6.07) is 4.48. The first-order chi connectivity index (χ1) is 4.86. The van der Waals surface area contributed by atoms with Gasteiger partial charge in [-0.15, -0.1) is 0 Å². The van der Waals surface area contributed by atoms with E-state index in [-0.39, 0.29) is 11.8 Å². The Bertz CT molecular complexity index is 154. The van der Waals surface area contributed by atoms with Gasteiger partial charge in [0.25, 0.3) is 0 Å². The van der Waals surface area contributed by atoms with Crippen LogP contribution in [0.15, 0.2) is 0 Å². The molecule has 0 N–H and O–H groups in total. The molecule has 0 bridgehead atoms. The summed E-state index contributed by atoms with van der Waals surface area (Å²) in [7, 11) is 0. The molecule has 0 atom stereocenters. The molecule has 2 nitrogen and oxygen atoms in total. The highest BCUT2D eigenvalue weighted by molar-refractivity contribution is 4.93. The van der Waals surface area contributed by atoms with Crippen LogP contribution < -0.4 is 0 Å². The highest BCUT2D eigenvalue weighted by Crippen LogP contribution is 2.27. The van der Waals surface area contributed by atoms with Crippen LogP contribution in [0.25, 0.3) is 0 Å². The van der Waals surface area contributed by atoms with Crippen LogP contribution in [-0.4, -0.2) is 0 Å². The van der Waals surface area contributed by atoms with Gasteiger partial charge in [0.05, 0.1) is 12.1 Å². The number of hydrogen-bond acceptors (Lipinski definition) is 2. The fraction of sp³-hybridized carbons (Fsp3) is 0.750. The average molecular weight is 134 g/mol. The van der Waals surface area contributed by atoms with E-state index in [0.717, 1.165) is 25.7 Å². The predicted octanol–water partition coefficient (Wildman–Crippen LogP) is 1.84. The molecular weight excluding hydrogens is 124 g/mol. The molecule has 0 amide bonds. The molecule has 2 heteroatoms. The maximum absolute atomic E-state index is 8.52. The van der Waals surface area contributed by atoms with Crippen LogP contribution >= 0.6 is 0 Å². The lowest BCUT2D eigenvalue weighted by molar-refractivity contribution is 0.368. The quantitative estimate of drug-likeness (QED) is 0.507. The fourth-order valence-electron chi connectivity index (χ4n) is 1.35. The maximum atomic E-state index is 8.52. The van der Waals surface area contributed by atoms with Crippen molar-refractivity contribution in [2.45, 2.75) is 25.7 Å².